The van der Waals surface area contributed by atoms with Crippen LogP contribution in [-0.2, 0) is 6.54 Å². The van der Waals surface area contributed by atoms with Crippen molar-refractivity contribution in [2.45, 2.75) is 13.5 Å². The fraction of sp³-hybridized carbons (Fsp3) is 0.214. The second-order valence-corrected chi connectivity index (χ2v) is 4.43. The Labute approximate surface area is 111 Å². The average Bonchev–Trinajstić information content (AvgIpc) is 2.39. The second kappa shape index (κ2) is 5.27. The molecule has 18 heavy (non-hydrogen) atoms. The second-order valence-electron chi connectivity index (χ2n) is 4.03. The minimum Gasteiger partial charge on any atom is -0.496 e. The molecule has 0 fully saturated rings. The van der Waals surface area contributed by atoms with E-state index in [0.717, 1.165) is 17.0 Å². The molecule has 1 heterocycles. The van der Waals surface area contributed by atoms with E-state index in [2.05, 4.69) is 0 Å². The molecule has 0 atom stereocenters. The Bertz CT molecular complexity index is 619. The van der Waals surface area contributed by atoms with Crippen LogP contribution >= 0.6 is 11.6 Å². The Morgan fingerprint density at radius 1 is 1.22 bits per heavy atom. The van der Waals surface area contributed by atoms with Crippen LogP contribution in [0, 0.1) is 6.92 Å². The smallest absolute Gasteiger partial charge is 0.269 e. The number of ether oxygens (including phenoxy) is 1. The number of hydrogen-bond acceptors (Lipinski definition) is 2. The summed E-state index contributed by atoms with van der Waals surface area (Å²) in [5.74, 6) is 0.767. The number of pyridine rings is 1. The molecule has 0 aliphatic carbocycles. The van der Waals surface area contributed by atoms with Crippen LogP contribution in [0.15, 0.2) is 41.2 Å². The molecule has 0 unspecified atom stereocenters. The van der Waals surface area contributed by atoms with Gasteiger partial charge in [-0.05, 0) is 25.1 Å². The number of para-hydroxylation sites is 1. The van der Waals surface area contributed by atoms with Crippen LogP contribution in [0.1, 0.15) is 11.3 Å². The van der Waals surface area contributed by atoms with Crippen LogP contribution in [0.5, 0.6) is 5.75 Å². The van der Waals surface area contributed by atoms with Gasteiger partial charge in [-0.1, -0.05) is 29.8 Å². The Kier molecular flexibility index (Phi) is 3.72. The lowest BCUT2D eigenvalue weighted by molar-refractivity contribution is 0.408. The summed E-state index contributed by atoms with van der Waals surface area (Å²) in [4.78, 5) is 12.0. The van der Waals surface area contributed by atoms with Gasteiger partial charge in [0.05, 0.1) is 13.7 Å². The SMILES string of the molecule is COc1ccccc1Cn1c(C)ccc(Cl)c1=O. The predicted octanol–water partition coefficient (Wildman–Crippen LogP) is 2.87. The Balaban J connectivity index is 2.46. The molecule has 1 aromatic carbocycles. The summed E-state index contributed by atoms with van der Waals surface area (Å²) in [5.41, 5.74) is 1.64. The molecule has 0 radical (unpaired) electrons. The lowest BCUT2D eigenvalue weighted by Gasteiger charge is -2.12. The van der Waals surface area contributed by atoms with E-state index in [0.29, 0.717) is 6.54 Å². The molecule has 0 bridgehead atoms. The number of hydrogen-bond donors (Lipinski definition) is 0. The molecule has 2 rings (SSSR count). The summed E-state index contributed by atoms with van der Waals surface area (Å²) in [7, 11) is 1.62. The minimum absolute atomic E-state index is 0.178. The van der Waals surface area contributed by atoms with Crippen LogP contribution in [-0.4, -0.2) is 11.7 Å². The summed E-state index contributed by atoms with van der Waals surface area (Å²) in [6.07, 6.45) is 0. The normalized spacial score (nSPS) is 10.4. The molecule has 0 aliphatic heterocycles. The average molecular weight is 264 g/mol. The number of aromatic nitrogens is 1. The van der Waals surface area contributed by atoms with Crippen molar-refractivity contribution in [3.8, 4) is 5.75 Å². The van der Waals surface area contributed by atoms with E-state index in [4.69, 9.17) is 16.3 Å². The molecule has 1 aromatic heterocycles. The Morgan fingerprint density at radius 2 is 1.94 bits per heavy atom. The fourth-order valence-corrected chi connectivity index (χ4v) is 2.01. The van der Waals surface area contributed by atoms with Crippen molar-refractivity contribution in [1.29, 1.82) is 0 Å². The number of methoxy groups -OCH3 is 1. The van der Waals surface area contributed by atoms with Gasteiger partial charge in [0.25, 0.3) is 5.56 Å². The zero-order valence-corrected chi connectivity index (χ0v) is 11.1. The summed E-state index contributed by atoms with van der Waals surface area (Å²) in [5, 5.41) is 0.232. The number of aryl methyl sites for hydroxylation is 1. The monoisotopic (exact) mass is 263 g/mol. The summed E-state index contributed by atoms with van der Waals surface area (Å²) in [6.45, 7) is 2.34. The van der Waals surface area contributed by atoms with Crippen molar-refractivity contribution in [2.75, 3.05) is 7.11 Å². The van der Waals surface area contributed by atoms with E-state index in [9.17, 15) is 4.79 Å². The molecule has 0 saturated carbocycles. The van der Waals surface area contributed by atoms with Gasteiger partial charge in [-0.15, -0.1) is 0 Å². The van der Waals surface area contributed by atoms with Crippen molar-refractivity contribution in [1.82, 2.24) is 4.57 Å². The van der Waals surface area contributed by atoms with Crippen molar-refractivity contribution in [2.24, 2.45) is 0 Å². The topological polar surface area (TPSA) is 31.2 Å². The fourth-order valence-electron chi connectivity index (χ4n) is 1.84. The molecule has 0 N–H and O–H groups in total. The van der Waals surface area contributed by atoms with E-state index in [-0.39, 0.29) is 10.6 Å². The number of nitrogens with zero attached hydrogens (tertiary/aromatic N) is 1. The molecule has 2 aromatic rings. The van der Waals surface area contributed by atoms with E-state index in [1.165, 1.54) is 0 Å². The van der Waals surface area contributed by atoms with Crippen LogP contribution in [0.4, 0.5) is 0 Å². The summed E-state index contributed by atoms with van der Waals surface area (Å²) < 4.78 is 6.92. The van der Waals surface area contributed by atoms with Crippen molar-refractivity contribution in [3.63, 3.8) is 0 Å². The number of benzene rings is 1. The van der Waals surface area contributed by atoms with Gasteiger partial charge >= 0.3 is 0 Å². The van der Waals surface area contributed by atoms with E-state index in [1.54, 1.807) is 17.7 Å². The third kappa shape index (κ3) is 2.41. The van der Waals surface area contributed by atoms with Crippen LogP contribution in [0.2, 0.25) is 5.02 Å². The molecule has 4 heteroatoms. The van der Waals surface area contributed by atoms with Gasteiger partial charge in [-0.3, -0.25) is 4.79 Å². The summed E-state index contributed by atoms with van der Waals surface area (Å²) >= 11 is 5.86. The molecule has 0 amide bonds. The van der Waals surface area contributed by atoms with Gasteiger partial charge in [0.2, 0.25) is 0 Å². The molecule has 0 spiro atoms. The van der Waals surface area contributed by atoms with E-state index < -0.39 is 0 Å². The van der Waals surface area contributed by atoms with Crippen LogP contribution in [0.25, 0.3) is 0 Å². The zero-order valence-electron chi connectivity index (χ0n) is 10.3. The van der Waals surface area contributed by atoms with Crippen LogP contribution < -0.4 is 10.3 Å². The first-order chi connectivity index (χ1) is 8.63. The van der Waals surface area contributed by atoms with Gasteiger partial charge in [0.1, 0.15) is 10.8 Å². The van der Waals surface area contributed by atoms with E-state index >= 15 is 0 Å². The van der Waals surface area contributed by atoms with Crippen molar-refractivity contribution < 1.29 is 4.74 Å². The Morgan fingerprint density at radius 3 is 2.67 bits per heavy atom. The first-order valence-electron chi connectivity index (χ1n) is 5.61. The van der Waals surface area contributed by atoms with Gasteiger partial charge in [0, 0.05) is 11.3 Å². The highest BCUT2D eigenvalue weighted by atomic mass is 35.5. The Hall–Kier alpha value is -1.74. The van der Waals surface area contributed by atoms with Crippen molar-refractivity contribution >= 4 is 11.6 Å². The van der Waals surface area contributed by atoms with Gasteiger partial charge < -0.3 is 9.30 Å². The molecular formula is C14H14ClNO2. The summed E-state index contributed by atoms with van der Waals surface area (Å²) in [6, 6.07) is 11.1. The minimum atomic E-state index is -0.178. The molecule has 3 nitrogen and oxygen atoms in total. The number of halogens is 1. The van der Waals surface area contributed by atoms with E-state index in [1.807, 2.05) is 37.3 Å². The van der Waals surface area contributed by atoms with Gasteiger partial charge in [0.15, 0.2) is 0 Å². The standard InChI is InChI=1S/C14H14ClNO2/c1-10-7-8-12(15)14(17)16(10)9-11-5-3-4-6-13(11)18-2/h3-8H,9H2,1-2H3. The van der Waals surface area contributed by atoms with Crippen LogP contribution in [0.3, 0.4) is 0 Å². The molecule has 0 saturated heterocycles. The zero-order chi connectivity index (χ0) is 13.1. The third-order valence-corrected chi connectivity index (χ3v) is 3.15. The maximum Gasteiger partial charge on any atom is 0.269 e. The quantitative estimate of drug-likeness (QED) is 0.853. The highest BCUT2D eigenvalue weighted by Crippen LogP contribution is 2.18. The molecular weight excluding hydrogens is 250 g/mol. The highest BCUT2D eigenvalue weighted by molar-refractivity contribution is 6.30. The third-order valence-electron chi connectivity index (χ3n) is 2.87. The lowest BCUT2D eigenvalue weighted by atomic mass is 10.2. The predicted molar refractivity (Wildman–Crippen MR) is 72.5 cm³/mol. The highest BCUT2D eigenvalue weighted by Gasteiger charge is 2.08. The van der Waals surface area contributed by atoms with Crippen molar-refractivity contribution in [3.05, 3.63) is 63.0 Å². The first-order valence-corrected chi connectivity index (χ1v) is 5.99. The van der Waals surface area contributed by atoms with Gasteiger partial charge in [-0.2, -0.15) is 0 Å². The maximum atomic E-state index is 12.0. The maximum absolute atomic E-state index is 12.0. The van der Waals surface area contributed by atoms with Gasteiger partial charge in [-0.25, -0.2) is 0 Å². The lowest BCUT2D eigenvalue weighted by Crippen LogP contribution is -2.23. The first kappa shape index (κ1) is 12.7. The molecule has 0 aliphatic rings. The largest absolute Gasteiger partial charge is 0.496 e. The molecule has 94 valence electrons. The number of rotatable bonds is 3.